The maximum atomic E-state index is 13.9. The molecular formula is C33H36N2O5. The van der Waals surface area contributed by atoms with E-state index in [2.05, 4.69) is 4.90 Å². The molecule has 208 valence electrons. The van der Waals surface area contributed by atoms with Crippen molar-refractivity contribution in [2.24, 2.45) is 0 Å². The number of benzene rings is 3. The van der Waals surface area contributed by atoms with Gasteiger partial charge in [0.15, 0.2) is 5.78 Å². The summed E-state index contributed by atoms with van der Waals surface area (Å²) in [7, 11) is 1.57. The van der Waals surface area contributed by atoms with Crippen molar-refractivity contribution in [3.05, 3.63) is 101 Å². The van der Waals surface area contributed by atoms with E-state index in [0.29, 0.717) is 56.9 Å². The molecule has 7 heteroatoms. The largest absolute Gasteiger partial charge is 0.496 e. The van der Waals surface area contributed by atoms with Gasteiger partial charge in [0, 0.05) is 26.2 Å². The number of hydrogen-bond acceptors (Lipinski definition) is 6. The van der Waals surface area contributed by atoms with Gasteiger partial charge in [-0.1, -0.05) is 66.7 Å². The maximum Gasteiger partial charge on any atom is 0.321 e. The van der Waals surface area contributed by atoms with Gasteiger partial charge in [-0.25, -0.2) is 0 Å². The number of rotatable bonds is 8. The van der Waals surface area contributed by atoms with Gasteiger partial charge in [-0.2, -0.15) is 0 Å². The topological polar surface area (TPSA) is 76.2 Å². The minimum Gasteiger partial charge on any atom is -0.496 e. The molecule has 1 saturated heterocycles. The van der Waals surface area contributed by atoms with Crippen molar-refractivity contribution in [3.63, 3.8) is 0 Å². The Kier molecular flexibility index (Phi) is 8.31. The van der Waals surface area contributed by atoms with Crippen LogP contribution in [0.1, 0.15) is 52.7 Å². The van der Waals surface area contributed by atoms with E-state index in [1.165, 1.54) is 0 Å². The summed E-state index contributed by atoms with van der Waals surface area (Å²) in [5.41, 5.74) is 2.27. The third-order valence-corrected chi connectivity index (χ3v) is 8.25. The standard InChI is InChI=1S/C33H36N2O5/c1-3-40-32(38)33(24-11-5-4-6-12-24)18-17-26(25-13-7-9-15-28(25)33)31(37)35-21-19-34(20-22-35)23-29(36)27-14-8-10-16-30(27)39-2/h4-16,26H,3,17-23H2,1-2H3/t26-,33?/m1/s1. The molecule has 0 radical (unpaired) electrons. The van der Waals surface area contributed by atoms with Crippen LogP contribution in [0.4, 0.5) is 0 Å². The third-order valence-electron chi connectivity index (χ3n) is 8.25. The number of carbonyl (C=O) groups is 3. The number of hydrogen-bond donors (Lipinski definition) is 0. The summed E-state index contributed by atoms with van der Waals surface area (Å²) in [5, 5.41) is 0. The normalized spacial score (nSPS) is 20.9. The number of amides is 1. The summed E-state index contributed by atoms with van der Waals surface area (Å²) in [6.45, 7) is 4.75. The van der Waals surface area contributed by atoms with E-state index in [0.717, 1.165) is 16.7 Å². The molecule has 40 heavy (non-hydrogen) atoms. The molecule has 2 aliphatic rings. The number of esters is 1. The number of ketones is 1. The third kappa shape index (κ3) is 5.13. The van der Waals surface area contributed by atoms with Gasteiger partial charge in [0.05, 0.1) is 31.7 Å². The highest BCUT2D eigenvalue weighted by atomic mass is 16.5. The molecule has 7 nitrogen and oxygen atoms in total. The number of methoxy groups -OCH3 is 1. The Morgan fingerprint density at radius 3 is 2.27 bits per heavy atom. The molecule has 0 N–H and O–H groups in total. The number of fused-ring (bicyclic) bond motifs is 1. The molecule has 1 aliphatic heterocycles. The Balaban J connectivity index is 1.32. The van der Waals surface area contributed by atoms with Crippen LogP contribution in [0.15, 0.2) is 78.9 Å². The molecule has 0 aromatic heterocycles. The van der Waals surface area contributed by atoms with Crippen molar-refractivity contribution in [2.75, 3.05) is 46.4 Å². The molecular weight excluding hydrogens is 504 g/mol. The first-order valence-corrected chi connectivity index (χ1v) is 14.0. The van der Waals surface area contributed by atoms with Crippen molar-refractivity contribution in [1.82, 2.24) is 9.80 Å². The van der Waals surface area contributed by atoms with Crippen LogP contribution in [0.25, 0.3) is 0 Å². The molecule has 1 amide bonds. The molecule has 1 heterocycles. The number of ether oxygens (including phenoxy) is 2. The molecule has 0 spiro atoms. The monoisotopic (exact) mass is 540 g/mol. The highest BCUT2D eigenvalue weighted by Gasteiger charge is 2.50. The van der Waals surface area contributed by atoms with Gasteiger partial charge in [0.2, 0.25) is 5.91 Å². The van der Waals surface area contributed by atoms with Crippen LogP contribution >= 0.6 is 0 Å². The fraction of sp³-hybridized carbons (Fsp3) is 0.364. The highest BCUT2D eigenvalue weighted by Crippen LogP contribution is 2.48. The molecule has 5 rings (SSSR count). The molecule has 1 fully saturated rings. The fourth-order valence-electron chi connectivity index (χ4n) is 6.21. The van der Waals surface area contributed by atoms with Crippen LogP contribution in [0.2, 0.25) is 0 Å². The van der Waals surface area contributed by atoms with Crippen LogP contribution in [-0.4, -0.2) is 73.9 Å². The average molecular weight is 541 g/mol. The van der Waals surface area contributed by atoms with Gasteiger partial charge in [-0.15, -0.1) is 0 Å². The van der Waals surface area contributed by atoms with E-state index in [4.69, 9.17) is 9.47 Å². The van der Waals surface area contributed by atoms with Crippen molar-refractivity contribution in [1.29, 1.82) is 0 Å². The molecule has 0 bridgehead atoms. The first kappa shape index (κ1) is 27.6. The van der Waals surface area contributed by atoms with Crippen molar-refractivity contribution in [2.45, 2.75) is 31.1 Å². The minimum absolute atomic E-state index is 0.00894. The Bertz CT molecular complexity index is 1370. The molecule has 1 aliphatic carbocycles. The zero-order valence-corrected chi connectivity index (χ0v) is 23.2. The predicted octanol–water partition coefficient (Wildman–Crippen LogP) is 4.45. The fourth-order valence-corrected chi connectivity index (χ4v) is 6.21. The van der Waals surface area contributed by atoms with Crippen molar-refractivity contribution >= 4 is 17.7 Å². The van der Waals surface area contributed by atoms with Gasteiger partial charge >= 0.3 is 5.97 Å². The van der Waals surface area contributed by atoms with Crippen molar-refractivity contribution < 1.29 is 23.9 Å². The Morgan fingerprint density at radius 1 is 0.875 bits per heavy atom. The lowest BCUT2D eigenvalue weighted by Crippen LogP contribution is -2.52. The van der Waals surface area contributed by atoms with E-state index >= 15 is 0 Å². The number of carbonyl (C=O) groups excluding carboxylic acids is 3. The van der Waals surface area contributed by atoms with Crippen LogP contribution in [0.5, 0.6) is 5.75 Å². The van der Waals surface area contributed by atoms with E-state index in [1.54, 1.807) is 19.2 Å². The van der Waals surface area contributed by atoms with Crippen LogP contribution < -0.4 is 4.74 Å². The molecule has 3 aromatic rings. The Labute approximate surface area is 235 Å². The van der Waals surface area contributed by atoms with E-state index in [-0.39, 0.29) is 30.1 Å². The summed E-state index contributed by atoms with van der Waals surface area (Å²) in [6.07, 6.45) is 1.05. The predicted molar refractivity (Wildman–Crippen MR) is 153 cm³/mol. The molecule has 3 aromatic carbocycles. The average Bonchev–Trinajstić information content (AvgIpc) is 3.01. The summed E-state index contributed by atoms with van der Waals surface area (Å²) in [5.74, 6) is 0.0621. The molecule has 2 atom stereocenters. The van der Waals surface area contributed by atoms with Gasteiger partial charge in [-0.3, -0.25) is 19.3 Å². The second-order valence-electron chi connectivity index (χ2n) is 10.4. The summed E-state index contributed by atoms with van der Waals surface area (Å²) in [6, 6.07) is 24.8. The zero-order chi connectivity index (χ0) is 28.1. The zero-order valence-electron chi connectivity index (χ0n) is 23.2. The van der Waals surface area contributed by atoms with Gasteiger partial charge in [0.1, 0.15) is 11.2 Å². The molecule has 0 saturated carbocycles. The summed E-state index contributed by atoms with van der Waals surface area (Å²) >= 11 is 0. The Hall–Kier alpha value is -3.97. The van der Waals surface area contributed by atoms with Crippen molar-refractivity contribution in [3.8, 4) is 5.75 Å². The first-order valence-electron chi connectivity index (χ1n) is 14.0. The van der Waals surface area contributed by atoms with Crippen LogP contribution in [0.3, 0.4) is 0 Å². The number of Topliss-reactive ketones (excluding diaryl/α,β-unsaturated/α-hetero) is 1. The smallest absolute Gasteiger partial charge is 0.321 e. The highest BCUT2D eigenvalue weighted by molar-refractivity contribution is 6.00. The first-order chi connectivity index (χ1) is 19.5. The van der Waals surface area contributed by atoms with Gasteiger partial charge < -0.3 is 14.4 Å². The Morgan fingerprint density at radius 2 is 1.55 bits per heavy atom. The number of piperazine rings is 1. The van der Waals surface area contributed by atoms with Gasteiger partial charge in [-0.05, 0) is 48.6 Å². The second kappa shape index (κ2) is 12.0. The van der Waals surface area contributed by atoms with Gasteiger partial charge in [0.25, 0.3) is 0 Å². The summed E-state index contributed by atoms with van der Waals surface area (Å²) in [4.78, 5) is 44.4. The van der Waals surface area contributed by atoms with E-state index in [9.17, 15) is 14.4 Å². The van der Waals surface area contributed by atoms with Crippen LogP contribution in [0, 0.1) is 0 Å². The lowest BCUT2D eigenvalue weighted by Gasteiger charge is -2.42. The van der Waals surface area contributed by atoms with Crippen LogP contribution in [-0.2, 0) is 19.7 Å². The quantitative estimate of drug-likeness (QED) is 0.311. The minimum atomic E-state index is -0.942. The number of nitrogens with zero attached hydrogens (tertiary/aromatic N) is 2. The lowest BCUT2D eigenvalue weighted by atomic mass is 9.63. The number of para-hydroxylation sites is 1. The maximum absolute atomic E-state index is 13.9. The lowest BCUT2D eigenvalue weighted by molar-refractivity contribution is -0.149. The SMILES string of the molecule is CCOC(=O)C1(c2ccccc2)CC[C@@H](C(=O)N2CCN(CC(=O)c3ccccc3OC)CC2)c2ccccc21. The second-order valence-corrected chi connectivity index (χ2v) is 10.4. The molecule has 1 unspecified atom stereocenters. The summed E-state index contributed by atoms with van der Waals surface area (Å²) < 4.78 is 11.0. The van der Waals surface area contributed by atoms with E-state index < -0.39 is 5.41 Å². The van der Waals surface area contributed by atoms with E-state index in [1.807, 2.05) is 78.6 Å².